The van der Waals surface area contributed by atoms with Crippen LogP contribution in [0.2, 0.25) is 0 Å². The average Bonchev–Trinajstić information content (AvgIpc) is 2.48. The molecular weight excluding hydrogens is 331 g/mol. The molecule has 1 heterocycles. The number of hydrogen-bond acceptors (Lipinski definition) is 5. The van der Waals surface area contributed by atoms with Gasteiger partial charge in [-0.2, -0.15) is 0 Å². The fourth-order valence-corrected chi connectivity index (χ4v) is 5.55. The van der Waals surface area contributed by atoms with Crippen molar-refractivity contribution in [2.75, 3.05) is 0 Å². The molecule has 0 amide bonds. The molecule has 4 nitrogen and oxygen atoms in total. The third-order valence-corrected chi connectivity index (χ3v) is 6.78. The van der Waals surface area contributed by atoms with E-state index in [0.29, 0.717) is 0 Å². The van der Waals surface area contributed by atoms with E-state index >= 15 is 0 Å². The first-order chi connectivity index (χ1) is 6.99. The minimum atomic E-state index is -2.55. The van der Waals surface area contributed by atoms with Gasteiger partial charge in [-0.05, 0) is 0 Å². The molecule has 6 heteroatoms. The van der Waals surface area contributed by atoms with Gasteiger partial charge in [0.2, 0.25) is 0 Å². The Kier molecular flexibility index (Phi) is 4.52. The van der Waals surface area contributed by atoms with Gasteiger partial charge in [0.25, 0.3) is 0 Å². The number of hydrogen-bond donors (Lipinski definition) is 0. The molecule has 0 atom stereocenters. The van der Waals surface area contributed by atoms with Gasteiger partial charge in [-0.25, -0.2) is 0 Å². The maximum atomic E-state index is 10.8. The van der Waals surface area contributed by atoms with Crippen LogP contribution in [0, 0.1) is 9.81 Å². The summed E-state index contributed by atoms with van der Waals surface area (Å²) in [4.78, 5) is 22.8. The molecule has 0 unspecified atom stereocenters. The summed E-state index contributed by atoms with van der Waals surface area (Å²) in [6, 6.07) is 3.76. The molecule has 0 saturated heterocycles. The molecule has 0 N–H and O–H groups in total. The predicted octanol–water partition coefficient (Wildman–Crippen LogP) is 2.69. The van der Waals surface area contributed by atoms with E-state index in [-0.39, 0.29) is 0 Å². The number of aryl methyl sites for hydroxylation is 1. The maximum absolute atomic E-state index is 10.8. The third kappa shape index (κ3) is 4.17. The number of carbonyl (C=O) groups excluding carboxylic acids is 2. The van der Waals surface area contributed by atoms with E-state index in [1.54, 1.807) is 0 Å². The summed E-state index contributed by atoms with van der Waals surface area (Å²) in [7, 11) is 0. The number of carbonyl (C=O) groups is 2. The van der Waals surface area contributed by atoms with Crippen molar-refractivity contribution in [1.82, 2.24) is 0 Å². The second-order valence-corrected chi connectivity index (χ2v) is 8.01. The standard InChI is InChI=1S/C9H11IO4S/c1-6-4-5-9(15-6)10(13-7(2)11)14-8(3)12/h4-5H,1-3H3. The van der Waals surface area contributed by atoms with E-state index in [0.717, 1.165) is 7.76 Å². The molecule has 1 aromatic rings. The van der Waals surface area contributed by atoms with Crippen LogP contribution in [0.5, 0.6) is 0 Å². The molecule has 0 bridgehead atoms. The number of rotatable bonds is 3. The van der Waals surface area contributed by atoms with Gasteiger partial charge in [0, 0.05) is 0 Å². The summed E-state index contributed by atoms with van der Waals surface area (Å²) >= 11 is -1.06. The third-order valence-electron chi connectivity index (χ3n) is 1.22. The first-order valence-electron chi connectivity index (χ1n) is 4.13. The van der Waals surface area contributed by atoms with Crippen molar-refractivity contribution in [2.45, 2.75) is 20.8 Å². The van der Waals surface area contributed by atoms with Crippen LogP contribution in [0.4, 0.5) is 0 Å². The second-order valence-electron chi connectivity index (χ2n) is 2.70. The van der Waals surface area contributed by atoms with Crippen molar-refractivity contribution in [3.05, 3.63) is 19.9 Å². The Morgan fingerprint density at radius 1 is 1.20 bits per heavy atom. The van der Waals surface area contributed by atoms with E-state index in [9.17, 15) is 9.59 Å². The number of thiophene rings is 1. The SMILES string of the molecule is CC(=O)OI(OC(C)=O)c1ccc(C)s1. The van der Waals surface area contributed by atoms with Crippen molar-refractivity contribution in [3.8, 4) is 0 Å². The second kappa shape index (κ2) is 5.45. The van der Waals surface area contributed by atoms with E-state index < -0.39 is 32.6 Å². The zero-order valence-corrected chi connectivity index (χ0v) is 11.5. The van der Waals surface area contributed by atoms with Crippen molar-refractivity contribution >= 4 is 43.9 Å². The Bertz CT molecular complexity index is 358. The predicted molar refractivity (Wildman–Crippen MR) is 65.3 cm³/mol. The van der Waals surface area contributed by atoms with Gasteiger partial charge in [-0.15, -0.1) is 0 Å². The van der Waals surface area contributed by atoms with Gasteiger partial charge in [0.05, 0.1) is 0 Å². The Labute approximate surface area is 100 Å². The van der Waals surface area contributed by atoms with Gasteiger partial charge in [-0.1, -0.05) is 0 Å². The molecule has 0 saturated carbocycles. The van der Waals surface area contributed by atoms with Crippen LogP contribution in [0.1, 0.15) is 18.7 Å². The molecule has 1 aromatic heterocycles. The van der Waals surface area contributed by atoms with Crippen LogP contribution < -0.4 is 0 Å². The summed E-state index contributed by atoms with van der Waals surface area (Å²) in [5.41, 5.74) is 0. The summed E-state index contributed by atoms with van der Waals surface area (Å²) in [6.45, 7) is 4.58. The molecule has 1 rings (SSSR count). The Balaban J connectivity index is 2.80. The molecule has 0 aliphatic heterocycles. The van der Waals surface area contributed by atoms with Crippen LogP contribution in [-0.4, -0.2) is 11.9 Å². The molecular formula is C9H11IO4S. The van der Waals surface area contributed by atoms with Gasteiger partial charge < -0.3 is 0 Å². The number of halogens is 1. The molecule has 0 spiro atoms. The van der Waals surface area contributed by atoms with Gasteiger partial charge >= 0.3 is 100 Å². The van der Waals surface area contributed by atoms with Crippen molar-refractivity contribution in [2.24, 2.45) is 0 Å². The van der Waals surface area contributed by atoms with E-state index in [4.69, 9.17) is 6.13 Å². The van der Waals surface area contributed by atoms with Gasteiger partial charge in [-0.3, -0.25) is 0 Å². The molecule has 84 valence electrons. The molecule has 0 aliphatic carbocycles. The molecule has 0 fully saturated rings. The topological polar surface area (TPSA) is 52.6 Å². The Morgan fingerprint density at radius 2 is 1.73 bits per heavy atom. The van der Waals surface area contributed by atoms with Crippen LogP contribution in [0.25, 0.3) is 0 Å². The van der Waals surface area contributed by atoms with E-state index in [1.165, 1.54) is 25.2 Å². The molecule has 0 radical (unpaired) electrons. The normalized spacial score (nSPS) is 10.7. The zero-order chi connectivity index (χ0) is 11.4. The summed E-state index contributed by atoms with van der Waals surface area (Å²) in [5, 5.41) is 0. The Hall–Kier alpha value is -0.630. The van der Waals surface area contributed by atoms with Crippen molar-refractivity contribution in [1.29, 1.82) is 0 Å². The summed E-state index contributed by atoms with van der Waals surface area (Å²) < 4.78 is 11.0. The van der Waals surface area contributed by atoms with Crippen LogP contribution in [-0.2, 0) is 15.7 Å². The van der Waals surface area contributed by atoms with Crippen LogP contribution >= 0.6 is 32.0 Å². The van der Waals surface area contributed by atoms with Crippen LogP contribution in [0.15, 0.2) is 12.1 Å². The zero-order valence-electron chi connectivity index (χ0n) is 8.57. The molecule has 0 aromatic carbocycles. The fourth-order valence-electron chi connectivity index (χ4n) is 0.777. The quantitative estimate of drug-likeness (QED) is 0.793. The van der Waals surface area contributed by atoms with E-state index in [2.05, 4.69) is 0 Å². The minimum absolute atomic E-state index is 0.410. The van der Waals surface area contributed by atoms with Crippen molar-refractivity contribution < 1.29 is 15.7 Å². The molecule has 15 heavy (non-hydrogen) atoms. The first kappa shape index (κ1) is 12.4. The van der Waals surface area contributed by atoms with Crippen molar-refractivity contribution in [3.63, 3.8) is 0 Å². The van der Waals surface area contributed by atoms with Gasteiger partial charge in [0.1, 0.15) is 0 Å². The summed E-state index contributed by atoms with van der Waals surface area (Å²) in [5.74, 6) is -0.819. The summed E-state index contributed by atoms with van der Waals surface area (Å²) in [6.07, 6.45) is 0. The van der Waals surface area contributed by atoms with Gasteiger partial charge in [0.15, 0.2) is 0 Å². The Morgan fingerprint density at radius 3 is 2.07 bits per heavy atom. The fraction of sp³-hybridized carbons (Fsp3) is 0.333. The average molecular weight is 342 g/mol. The van der Waals surface area contributed by atoms with E-state index in [1.807, 2.05) is 19.1 Å². The first-order valence-corrected chi connectivity index (χ1v) is 7.79. The molecule has 0 aliphatic rings. The van der Waals surface area contributed by atoms with Crippen LogP contribution in [0.3, 0.4) is 0 Å². The monoisotopic (exact) mass is 342 g/mol.